The second kappa shape index (κ2) is 9.18. The van der Waals surface area contributed by atoms with Gasteiger partial charge in [0.1, 0.15) is 18.2 Å². The van der Waals surface area contributed by atoms with Crippen LogP contribution in [0.3, 0.4) is 0 Å². The number of rotatable bonds is 8. The zero-order chi connectivity index (χ0) is 15.7. The summed E-state index contributed by atoms with van der Waals surface area (Å²) in [7, 11) is 0. The van der Waals surface area contributed by atoms with Crippen molar-refractivity contribution < 1.29 is 19.0 Å². The molecule has 3 N–H and O–H groups in total. The minimum Gasteiger partial charge on any atom is -0.491 e. The average molecular weight is 298 g/mol. The van der Waals surface area contributed by atoms with Crippen LogP contribution in [0.2, 0.25) is 0 Å². The Balaban J connectivity index is 2.24. The van der Waals surface area contributed by atoms with Gasteiger partial charge in [0.05, 0.1) is 6.04 Å². The van der Waals surface area contributed by atoms with Gasteiger partial charge in [-0.25, -0.2) is 9.18 Å². The third-order valence-corrected chi connectivity index (χ3v) is 2.86. The number of aliphatic hydroxyl groups is 1. The third-order valence-electron chi connectivity index (χ3n) is 2.86. The number of hydrogen-bond donors (Lipinski definition) is 3. The van der Waals surface area contributed by atoms with Crippen LogP contribution < -0.4 is 15.4 Å². The quantitative estimate of drug-likeness (QED) is 0.688. The van der Waals surface area contributed by atoms with Crippen molar-refractivity contribution in [3.63, 3.8) is 0 Å². The summed E-state index contributed by atoms with van der Waals surface area (Å²) in [6.07, 6.45) is 1.38. The number of nitrogens with one attached hydrogen (secondary N) is 2. The lowest BCUT2D eigenvalue weighted by Crippen LogP contribution is -2.46. The first-order chi connectivity index (χ1) is 10.0. The summed E-state index contributed by atoms with van der Waals surface area (Å²) in [5.74, 6) is 0.242. The van der Waals surface area contributed by atoms with E-state index in [1.54, 1.807) is 12.1 Å². The number of aliphatic hydroxyl groups excluding tert-OH is 1. The number of amides is 2. The molecule has 21 heavy (non-hydrogen) atoms. The molecule has 1 aromatic rings. The van der Waals surface area contributed by atoms with Gasteiger partial charge in [-0.2, -0.15) is 0 Å². The van der Waals surface area contributed by atoms with E-state index in [1.165, 1.54) is 12.1 Å². The van der Waals surface area contributed by atoms with Crippen LogP contribution in [0, 0.1) is 5.82 Å². The first-order valence-electron chi connectivity index (χ1n) is 7.07. The van der Waals surface area contributed by atoms with Gasteiger partial charge in [-0.05, 0) is 51.0 Å². The maximum absolute atomic E-state index is 12.7. The smallest absolute Gasteiger partial charge is 0.315 e. The molecule has 0 aliphatic carbocycles. The highest BCUT2D eigenvalue weighted by atomic mass is 19.1. The third kappa shape index (κ3) is 7.51. The van der Waals surface area contributed by atoms with E-state index in [2.05, 4.69) is 10.6 Å². The van der Waals surface area contributed by atoms with Crippen LogP contribution in [0.5, 0.6) is 5.75 Å². The van der Waals surface area contributed by atoms with E-state index in [1.807, 2.05) is 13.8 Å². The van der Waals surface area contributed by atoms with E-state index < -0.39 is 0 Å². The Labute approximate surface area is 124 Å². The van der Waals surface area contributed by atoms with Crippen LogP contribution in [0.25, 0.3) is 0 Å². The maximum Gasteiger partial charge on any atom is 0.315 e. The molecule has 0 aliphatic heterocycles. The van der Waals surface area contributed by atoms with Crippen LogP contribution in [-0.4, -0.2) is 36.4 Å². The summed E-state index contributed by atoms with van der Waals surface area (Å²) >= 11 is 0. The topological polar surface area (TPSA) is 70.6 Å². The Morgan fingerprint density at radius 1 is 1.24 bits per heavy atom. The molecule has 0 bridgehead atoms. The zero-order valence-corrected chi connectivity index (χ0v) is 12.4. The van der Waals surface area contributed by atoms with E-state index in [4.69, 9.17) is 9.84 Å². The van der Waals surface area contributed by atoms with Gasteiger partial charge in [-0.3, -0.25) is 0 Å². The standard InChI is InChI=1S/C15H23FN2O3/c1-11(4-3-9-19)17-15(20)18-12(2)10-21-14-7-5-13(16)6-8-14/h5-8,11-12,19H,3-4,9-10H2,1-2H3,(H2,17,18,20). The van der Waals surface area contributed by atoms with Crippen LogP contribution in [-0.2, 0) is 0 Å². The second-order valence-electron chi connectivity index (χ2n) is 5.05. The van der Waals surface area contributed by atoms with Gasteiger partial charge in [0.15, 0.2) is 0 Å². The van der Waals surface area contributed by atoms with Crippen molar-refractivity contribution in [1.29, 1.82) is 0 Å². The number of urea groups is 1. The molecule has 0 saturated heterocycles. The summed E-state index contributed by atoms with van der Waals surface area (Å²) in [6.45, 7) is 4.12. The first kappa shape index (κ1) is 17.2. The fourth-order valence-corrected chi connectivity index (χ4v) is 1.75. The Morgan fingerprint density at radius 2 is 1.86 bits per heavy atom. The fourth-order valence-electron chi connectivity index (χ4n) is 1.75. The lowest BCUT2D eigenvalue weighted by molar-refractivity contribution is 0.221. The molecule has 2 atom stereocenters. The van der Waals surface area contributed by atoms with Crippen LogP contribution in [0.1, 0.15) is 26.7 Å². The lowest BCUT2D eigenvalue weighted by atomic mass is 10.2. The molecule has 1 rings (SSSR count). The Kier molecular flexibility index (Phi) is 7.53. The predicted octanol–water partition coefficient (Wildman–Crippen LogP) is 2.05. The number of halogens is 1. The molecule has 0 spiro atoms. The van der Waals surface area contributed by atoms with E-state index >= 15 is 0 Å². The number of ether oxygens (including phenoxy) is 1. The highest BCUT2D eigenvalue weighted by molar-refractivity contribution is 5.74. The SMILES string of the molecule is CC(CCCO)NC(=O)NC(C)COc1ccc(F)cc1. The van der Waals surface area contributed by atoms with Crippen molar-refractivity contribution in [1.82, 2.24) is 10.6 Å². The number of benzene rings is 1. The summed E-state index contributed by atoms with van der Waals surface area (Å²) in [5, 5.41) is 14.3. The summed E-state index contributed by atoms with van der Waals surface area (Å²) < 4.78 is 18.2. The molecule has 2 unspecified atom stereocenters. The fraction of sp³-hybridized carbons (Fsp3) is 0.533. The normalized spacial score (nSPS) is 13.3. The van der Waals surface area contributed by atoms with Crippen molar-refractivity contribution in [3.8, 4) is 5.75 Å². The Morgan fingerprint density at radius 3 is 2.48 bits per heavy atom. The summed E-state index contributed by atoms with van der Waals surface area (Å²) in [5.41, 5.74) is 0. The van der Waals surface area contributed by atoms with Gasteiger partial charge in [0.25, 0.3) is 0 Å². The van der Waals surface area contributed by atoms with Gasteiger partial charge in [-0.1, -0.05) is 0 Å². The Bertz CT molecular complexity index is 425. The van der Waals surface area contributed by atoms with E-state index in [0.717, 1.165) is 6.42 Å². The maximum atomic E-state index is 12.7. The summed E-state index contributed by atoms with van der Waals surface area (Å²) in [4.78, 5) is 11.7. The van der Waals surface area contributed by atoms with Crippen molar-refractivity contribution in [2.24, 2.45) is 0 Å². The average Bonchev–Trinajstić information content (AvgIpc) is 2.44. The molecule has 0 heterocycles. The van der Waals surface area contributed by atoms with E-state index in [9.17, 15) is 9.18 Å². The number of carbonyl (C=O) groups excluding carboxylic acids is 1. The minimum absolute atomic E-state index is 0.00219. The highest BCUT2D eigenvalue weighted by Crippen LogP contribution is 2.11. The zero-order valence-electron chi connectivity index (χ0n) is 12.4. The summed E-state index contributed by atoms with van der Waals surface area (Å²) in [6, 6.07) is 5.28. The molecular formula is C15H23FN2O3. The highest BCUT2D eigenvalue weighted by Gasteiger charge is 2.10. The van der Waals surface area contributed by atoms with Crippen molar-refractivity contribution >= 4 is 6.03 Å². The van der Waals surface area contributed by atoms with Crippen LogP contribution >= 0.6 is 0 Å². The molecule has 0 radical (unpaired) electrons. The molecular weight excluding hydrogens is 275 g/mol. The van der Waals surface area contributed by atoms with E-state index in [-0.39, 0.29) is 30.5 Å². The van der Waals surface area contributed by atoms with E-state index in [0.29, 0.717) is 18.8 Å². The second-order valence-corrected chi connectivity index (χ2v) is 5.05. The number of hydrogen-bond acceptors (Lipinski definition) is 3. The molecule has 1 aromatic carbocycles. The Hall–Kier alpha value is -1.82. The van der Waals surface area contributed by atoms with Crippen molar-refractivity contribution in [3.05, 3.63) is 30.1 Å². The van der Waals surface area contributed by atoms with Crippen LogP contribution in [0.15, 0.2) is 24.3 Å². The lowest BCUT2D eigenvalue weighted by Gasteiger charge is -2.18. The number of carbonyl (C=O) groups is 1. The van der Waals surface area contributed by atoms with Gasteiger partial charge in [-0.15, -0.1) is 0 Å². The van der Waals surface area contributed by atoms with Crippen molar-refractivity contribution in [2.75, 3.05) is 13.2 Å². The molecule has 2 amide bonds. The van der Waals surface area contributed by atoms with Gasteiger partial charge in [0, 0.05) is 12.6 Å². The molecule has 0 fully saturated rings. The molecule has 6 heteroatoms. The molecule has 0 saturated carbocycles. The van der Waals surface area contributed by atoms with Crippen LogP contribution in [0.4, 0.5) is 9.18 Å². The predicted molar refractivity (Wildman–Crippen MR) is 78.8 cm³/mol. The minimum atomic E-state index is -0.315. The monoisotopic (exact) mass is 298 g/mol. The first-order valence-corrected chi connectivity index (χ1v) is 7.07. The van der Waals surface area contributed by atoms with Gasteiger partial charge in [0.2, 0.25) is 0 Å². The molecule has 0 aliphatic rings. The largest absolute Gasteiger partial charge is 0.491 e. The van der Waals surface area contributed by atoms with Gasteiger partial charge >= 0.3 is 6.03 Å². The molecule has 118 valence electrons. The van der Waals surface area contributed by atoms with Gasteiger partial charge < -0.3 is 20.5 Å². The molecule has 0 aromatic heterocycles. The van der Waals surface area contributed by atoms with Crippen molar-refractivity contribution in [2.45, 2.75) is 38.8 Å². The molecule has 5 nitrogen and oxygen atoms in total.